The summed E-state index contributed by atoms with van der Waals surface area (Å²) in [6.07, 6.45) is 1.27. The molecule has 2 aromatic rings. The number of nitrogens with two attached hydrogens (primary N) is 1. The Kier molecular flexibility index (Phi) is 3.16. The lowest BCUT2D eigenvalue weighted by atomic mass is 10.1. The zero-order valence-electron chi connectivity index (χ0n) is 8.96. The van der Waals surface area contributed by atoms with Crippen LogP contribution in [-0.2, 0) is 6.61 Å². The third-order valence-electron chi connectivity index (χ3n) is 2.16. The molecule has 0 amide bonds. The minimum Gasteiger partial charge on any atom is -0.485 e. The summed E-state index contributed by atoms with van der Waals surface area (Å²) in [5.41, 5.74) is 6.81. The number of ether oxygens (including phenoxy) is 1. The van der Waals surface area contributed by atoms with Gasteiger partial charge < -0.3 is 15.0 Å². The molecule has 2 N–H and O–H groups in total. The molecule has 0 saturated heterocycles. The molecule has 0 saturated carbocycles. The summed E-state index contributed by atoms with van der Waals surface area (Å²) in [5.74, 6) is 1.27. The van der Waals surface area contributed by atoms with E-state index in [9.17, 15) is 0 Å². The van der Waals surface area contributed by atoms with Gasteiger partial charge in [0.1, 0.15) is 5.75 Å². The number of hydrogen-bond acceptors (Lipinski definition) is 5. The molecule has 0 bridgehead atoms. The topological polar surface area (TPSA) is 74.2 Å². The van der Waals surface area contributed by atoms with Gasteiger partial charge in [0.2, 0.25) is 12.2 Å². The van der Waals surface area contributed by atoms with Crippen LogP contribution in [0.3, 0.4) is 0 Å². The van der Waals surface area contributed by atoms with E-state index in [0.29, 0.717) is 12.4 Å². The Balaban J connectivity index is 2.01. The van der Waals surface area contributed by atoms with Crippen LogP contribution in [0, 0.1) is 0 Å². The van der Waals surface area contributed by atoms with Gasteiger partial charge in [-0.15, -0.1) is 0 Å². The Labute approximate surface area is 93.2 Å². The van der Waals surface area contributed by atoms with Crippen molar-refractivity contribution in [3.8, 4) is 5.75 Å². The van der Waals surface area contributed by atoms with Crippen LogP contribution in [-0.4, -0.2) is 10.1 Å². The van der Waals surface area contributed by atoms with Gasteiger partial charge in [0.25, 0.3) is 0 Å². The average molecular weight is 219 g/mol. The van der Waals surface area contributed by atoms with Crippen molar-refractivity contribution in [3.05, 3.63) is 42.0 Å². The summed E-state index contributed by atoms with van der Waals surface area (Å²) in [7, 11) is 0. The van der Waals surface area contributed by atoms with E-state index in [1.165, 1.54) is 6.39 Å². The summed E-state index contributed by atoms with van der Waals surface area (Å²) in [6.45, 7) is 2.22. The van der Waals surface area contributed by atoms with Crippen LogP contribution in [0.25, 0.3) is 0 Å². The maximum Gasteiger partial charge on any atom is 0.213 e. The van der Waals surface area contributed by atoms with Crippen LogP contribution in [0.15, 0.2) is 35.2 Å². The Morgan fingerprint density at radius 2 is 2.38 bits per heavy atom. The first-order valence-electron chi connectivity index (χ1n) is 4.99. The molecule has 1 aromatic heterocycles. The zero-order valence-corrected chi connectivity index (χ0v) is 8.96. The minimum atomic E-state index is -0.00581. The molecule has 1 aromatic carbocycles. The van der Waals surface area contributed by atoms with Gasteiger partial charge in [-0.1, -0.05) is 17.3 Å². The summed E-state index contributed by atoms with van der Waals surface area (Å²) < 4.78 is 10.1. The van der Waals surface area contributed by atoms with Crippen LogP contribution in [0.5, 0.6) is 5.75 Å². The molecule has 1 heterocycles. The van der Waals surface area contributed by atoms with Crippen LogP contribution in [0.4, 0.5) is 0 Å². The molecule has 0 aliphatic carbocycles. The molecule has 1 atom stereocenters. The third-order valence-corrected chi connectivity index (χ3v) is 2.16. The SMILES string of the molecule is C[C@@H](N)c1cccc(OCc2ncon2)c1. The van der Waals surface area contributed by atoms with E-state index in [-0.39, 0.29) is 6.04 Å². The largest absolute Gasteiger partial charge is 0.485 e. The molecule has 5 heteroatoms. The summed E-state index contributed by atoms with van der Waals surface area (Å²) in [4.78, 5) is 3.86. The quantitative estimate of drug-likeness (QED) is 0.846. The van der Waals surface area contributed by atoms with Gasteiger partial charge in [0, 0.05) is 6.04 Å². The highest BCUT2D eigenvalue weighted by atomic mass is 16.5. The fraction of sp³-hybridized carbons (Fsp3) is 0.273. The first-order chi connectivity index (χ1) is 7.75. The fourth-order valence-electron chi connectivity index (χ4n) is 1.29. The van der Waals surface area contributed by atoms with E-state index < -0.39 is 0 Å². The second kappa shape index (κ2) is 4.76. The first kappa shape index (κ1) is 10.6. The van der Waals surface area contributed by atoms with E-state index in [2.05, 4.69) is 14.7 Å². The molecule has 0 aliphatic heterocycles. The van der Waals surface area contributed by atoms with E-state index in [0.717, 1.165) is 11.3 Å². The Bertz CT molecular complexity index is 440. The van der Waals surface area contributed by atoms with Gasteiger partial charge in [-0.2, -0.15) is 4.98 Å². The first-order valence-corrected chi connectivity index (χ1v) is 4.99. The summed E-state index contributed by atoms with van der Waals surface area (Å²) >= 11 is 0. The van der Waals surface area contributed by atoms with Crippen molar-refractivity contribution in [3.63, 3.8) is 0 Å². The molecular weight excluding hydrogens is 206 g/mol. The predicted octanol–water partition coefficient (Wildman–Crippen LogP) is 1.67. The van der Waals surface area contributed by atoms with Gasteiger partial charge in [-0.05, 0) is 24.6 Å². The number of benzene rings is 1. The van der Waals surface area contributed by atoms with Gasteiger partial charge in [-0.25, -0.2) is 0 Å². The van der Waals surface area contributed by atoms with Crippen LogP contribution < -0.4 is 10.5 Å². The van der Waals surface area contributed by atoms with Gasteiger partial charge in [0.15, 0.2) is 6.61 Å². The zero-order chi connectivity index (χ0) is 11.4. The van der Waals surface area contributed by atoms with Gasteiger partial charge in [-0.3, -0.25) is 0 Å². The highest BCUT2D eigenvalue weighted by molar-refractivity contribution is 5.30. The van der Waals surface area contributed by atoms with E-state index >= 15 is 0 Å². The molecule has 16 heavy (non-hydrogen) atoms. The maximum atomic E-state index is 5.78. The maximum absolute atomic E-state index is 5.78. The number of rotatable bonds is 4. The highest BCUT2D eigenvalue weighted by Gasteiger charge is 2.03. The fourth-order valence-corrected chi connectivity index (χ4v) is 1.29. The van der Waals surface area contributed by atoms with Crippen molar-refractivity contribution >= 4 is 0 Å². The van der Waals surface area contributed by atoms with Crippen molar-refractivity contribution in [2.75, 3.05) is 0 Å². The molecule has 0 radical (unpaired) electrons. The monoisotopic (exact) mass is 219 g/mol. The second-order valence-corrected chi connectivity index (χ2v) is 3.50. The second-order valence-electron chi connectivity index (χ2n) is 3.50. The molecule has 5 nitrogen and oxygen atoms in total. The normalized spacial score (nSPS) is 12.4. The van der Waals surface area contributed by atoms with E-state index in [4.69, 9.17) is 10.5 Å². The van der Waals surface area contributed by atoms with Crippen molar-refractivity contribution in [1.29, 1.82) is 0 Å². The molecule has 2 rings (SSSR count). The Hall–Kier alpha value is -1.88. The third kappa shape index (κ3) is 2.58. The smallest absolute Gasteiger partial charge is 0.213 e. The summed E-state index contributed by atoms with van der Waals surface area (Å²) in [5, 5.41) is 3.65. The standard InChI is InChI=1S/C11H13N3O2/c1-8(12)9-3-2-4-10(5-9)15-6-11-13-7-16-14-11/h2-5,7-8H,6,12H2,1H3/t8-/m1/s1. The van der Waals surface area contributed by atoms with Crippen LogP contribution >= 0.6 is 0 Å². The molecule has 0 fully saturated rings. The predicted molar refractivity (Wildman–Crippen MR) is 57.7 cm³/mol. The van der Waals surface area contributed by atoms with Crippen molar-refractivity contribution < 1.29 is 9.26 Å². The molecule has 0 spiro atoms. The highest BCUT2D eigenvalue weighted by Crippen LogP contribution is 2.18. The van der Waals surface area contributed by atoms with Gasteiger partial charge >= 0.3 is 0 Å². The van der Waals surface area contributed by atoms with Crippen LogP contribution in [0.1, 0.15) is 24.4 Å². The lowest BCUT2D eigenvalue weighted by Crippen LogP contribution is -2.05. The molecule has 0 aliphatic rings. The Morgan fingerprint density at radius 3 is 3.06 bits per heavy atom. The Morgan fingerprint density at radius 1 is 1.50 bits per heavy atom. The van der Waals surface area contributed by atoms with Crippen molar-refractivity contribution in [2.45, 2.75) is 19.6 Å². The van der Waals surface area contributed by atoms with Crippen molar-refractivity contribution in [1.82, 2.24) is 10.1 Å². The number of aromatic nitrogens is 2. The number of hydrogen-bond donors (Lipinski definition) is 1. The molecule has 84 valence electrons. The van der Waals surface area contributed by atoms with Crippen LogP contribution in [0.2, 0.25) is 0 Å². The lowest BCUT2D eigenvalue weighted by molar-refractivity contribution is 0.286. The molecular formula is C11H13N3O2. The number of nitrogens with zero attached hydrogens (tertiary/aromatic N) is 2. The van der Waals surface area contributed by atoms with Crippen molar-refractivity contribution in [2.24, 2.45) is 5.73 Å². The van der Waals surface area contributed by atoms with Gasteiger partial charge in [0.05, 0.1) is 0 Å². The van der Waals surface area contributed by atoms with E-state index in [1.54, 1.807) is 0 Å². The van der Waals surface area contributed by atoms with E-state index in [1.807, 2.05) is 31.2 Å². The summed E-state index contributed by atoms with van der Waals surface area (Å²) in [6, 6.07) is 7.64. The lowest BCUT2D eigenvalue weighted by Gasteiger charge is -2.08. The minimum absolute atomic E-state index is 0.00581. The average Bonchev–Trinajstić information content (AvgIpc) is 2.79. The molecule has 0 unspecified atom stereocenters.